The van der Waals surface area contributed by atoms with E-state index in [1.165, 1.54) is 7.11 Å². The molecule has 5 nitrogen and oxygen atoms in total. The van der Waals surface area contributed by atoms with Crippen molar-refractivity contribution in [3.05, 3.63) is 28.8 Å². The number of anilines is 1. The number of nitrogens with zero attached hydrogens (tertiary/aromatic N) is 1. The number of methoxy groups -OCH3 is 1. The van der Waals surface area contributed by atoms with E-state index in [9.17, 15) is 9.59 Å². The van der Waals surface area contributed by atoms with Gasteiger partial charge in [-0.1, -0.05) is 22.0 Å². The van der Waals surface area contributed by atoms with Crippen molar-refractivity contribution in [1.82, 2.24) is 0 Å². The van der Waals surface area contributed by atoms with E-state index < -0.39 is 10.2 Å². The van der Waals surface area contributed by atoms with Gasteiger partial charge in [-0.2, -0.15) is 0 Å². The molecule has 26 heavy (non-hydrogen) atoms. The van der Waals surface area contributed by atoms with E-state index in [2.05, 4.69) is 28.9 Å². The molecule has 0 N–H and O–H groups in total. The smallest absolute Gasteiger partial charge is 0.324 e. The Hall–Kier alpha value is -1.40. The van der Waals surface area contributed by atoms with Crippen LogP contribution in [0.5, 0.6) is 0 Å². The second-order valence-electron chi connectivity index (χ2n) is 7.75. The largest absolute Gasteiger partial charge is 0.468 e. The van der Waals surface area contributed by atoms with Gasteiger partial charge in [0.2, 0.25) is 5.91 Å². The standard InChI is InChI=1S/C20H24BrNO4/c1-11-8-14(17(21)18(23)25-3)16-15(9-11)22(19(24)20(16)5-6-20)13-4-7-26-12(2)10-13/h8-9,12-13,17H,4-7,10H2,1-3H3/t12-,13?,17?/m1/s1. The van der Waals surface area contributed by atoms with E-state index in [0.717, 1.165) is 48.1 Å². The molecule has 6 heteroatoms. The number of hydrogen-bond acceptors (Lipinski definition) is 4. The number of fused-ring (bicyclic) bond motifs is 2. The van der Waals surface area contributed by atoms with Crippen molar-refractivity contribution in [1.29, 1.82) is 0 Å². The maximum absolute atomic E-state index is 13.4. The predicted molar refractivity (Wildman–Crippen MR) is 102 cm³/mol. The lowest BCUT2D eigenvalue weighted by molar-refractivity contribution is -0.140. The molecule has 0 bridgehead atoms. The average Bonchev–Trinajstić information content (AvgIpc) is 3.37. The summed E-state index contributed by atoms with van der Waals surface area (Å²) in [6.07, 6.45) is 3.56. The first-order valence-corrected chi connectivity index (χ1v) is 10.1. The normalized spacial score (nSPS) is 27.4. The number of amides is 1. The second kappa shape index (κ2) is 6.34. The first-order chi connectivity index (χ1) is 12.4. The van der Waals surface area contributed by atoms with Crippen LogP contribution in [0.25, 0.3) is 0 Å². The maximum atomic E-state index is 13.4. The number of ether oxygens (including phenoxy) is 2. The zero-order chi connectivity index (χ0) is 18.6. The minimum Gasteiger partial charge on any atom is -0.468 e. The van der Waals surface area contributed by atoms with Crippen molar-refractivity contribution in [2.75, 3.05) is 18.6 Å². The number of rotatable bonds is 3. The van der Waals surface area contributed by atoms with E-state index in [-0.39, 0.29) is 24.0 Å². The molecular formula is C20H24BrNO4. The first kappa shape index (κ1) is 18.0. The van der Waals surface area contributed by atoms with Crippen molar-refractivity contribution in [2.45, 2.75) is 61.9 Å². The molecule has 1 spiro atoms. The third-order valence-electron chi connectivity index (χ3n) is 5.91. The fourth-order valence-corrected chi connectivity index (χ4v) is 5.09. The lowest BCUT2D eigenvalue weighted by atomic mass is 9.90. The van der Waals surface area contributed by atoms with Crippen molar-refractivity contribution < 1.29 is 19.1 Å². The Bertz CT molecular complexity index is 773. The molecule has 2 heterocycles. The van der Waals surface area contributed by atoms with Gasteiger partial charge in [-0.25, -0.2) is 0 Å². The summed E-state index contributed by atoms with van der Waals surface area (Å²) in [7, 11) is 1.39. The molecule has 1 saturated heterocycles. The third-order valence-corrected chi connectivity index (χ3v) is 6.78. The third kappa shape index (κ3) is 2.61. The first-order valence-electron chi connectivity index (χ1n) is 9.21. The maximum Gasteiger partial charge on any atom is 0.324 e. The Morgan fingerprint density at radius 1 is 1.42 bits per heavy atom. The predicted octanol–water partition coefficient (Wildman–Crippen LogP) is 3.55. The summed E-state index contributed by atoms with van der Waals surface area (Å²) < 4.78 is 10.6. The van der Waals surface area contributed by atoms with Crippen molar-refractivity contribution >= 4 is 33.5 Å². The molecule has 3 aliphatic rings. The minimum atomic E-state index is -0.556. The van der Waals surface area contributed by atoms with Crippen molar-refractivity contribution in [3.63, 3.8) is 0 Å². The number of carbonyl (C=O) groups excluding carboxylic acids is 2. The highest BCUT2D eigenvalue weighted by Crippen LogP contribution is 2.60. The second-order valence-corrected chi connectivity index (χ2v) is 8.67. The van der Waals surface area contributed by atoms with Gasteiger partial charge in [-0.15, -0.1) is 0 Å². The van der Waals surface area contributed by atoms with Gasteiger partial charge in [0.1, 0.15) is 4.83 Å². The molecule has 1 amide bonds. The van der Waals surface area contributed by atoms with Gasteiger partial charge in [0.25, 0.3) is 0 Å². The Kier molecular flexibility index (Phi) is 4.39. The number of halogens is 1. The fourth-order valence-electron chi connectivity index (χ4n) is 4.54. The Morgan fingerprint density at radius 3 is 2.77 bits per heavy atom. The number of benzene rings is 1. The highest BCUT2D eigenvalue weighted by atomic mass is 79.9. The van der Waals surface area contributed by atoms with Crippen LogP contribution in [-0.4, -0.2) is 37.7 Å². The summed E-state index contributed by atoms with van der Waals surface area (Å²) in [5, 5.41) is 0. The Balaban J connectivity index is 1.83. The molecule has 2 fully saturated rings. The lowest BCUT2D eigenvalue weighted by Gasteiger charge is -2.35. The highest BCUT2D eigenvalue weighted by molar-refractivity contribution is 9.09. The summed E-state index contributed by atoms with van der Waals surface area (Å²) in [5.41, 5.74) is 3.48. The summed E-state index contributed by atoms with van der Waals surface area (Å²) in [6.45, 7) is 4.75. The van der Waals surface area contributed by atoms with E-state index in [1.54, 1.807) is 0 Å². The molecule has 4 rings (SSSR count). The van der Waals surface area contributed by atoms with Gasteiger partial charge < -0.3 is 14.4 Å². The Labute approximate surface area is 162 Å². The summed E-state index contributed by atoms with van der Waals surface area (Å²) >= 11 is 3.50. The molecular weight excluding hydrogens is 398 g/mol. The molecule has 1 aliphatic carbocycles. The van der Waals surface area contributed by atoms with Gasteiger partial charge in [0.15, 0.2) is 0 Å². The van der Waals surface area contributed by atoms with Crippen LogP contribution < -0.4 is 4.90 Å². The van der Waals surface area contributed by atoms with Gasteiger partial charge in [0.05, 0.1) is 18.6 Å². The quantitative estimate of drug-likeness (QED) is 0.552. The Morgan fingerprint density at radius 2 is 2.15 bits per heavy atom. The number of alkyl halides is 1. The SMILES string of the molecule is COC(=O)C(Br)c1cc(C)cc2c1C1(CC1)C(=O)N2C1CCO[C@H](C)C1. The molecule has 3 atom stereocenters. The summed E-state index contributed by atoms with van der Waals surface area (Å²) in [6, 6.07) is 4.27. The van der Waals surface area contributed by atoms with Crippen LogP contribution in [-0.2, 0) is 24.5 Å². The van der Waals surface area contributed by atoms with E-state index in [1.807, 2.05) is 17.9 Å². The van der Waals surface area contributed by atoms with Crippen LogP contribution in [0, 0.1) is 6.92 Å². The molecule has 0 aromatic heterocycles. The number of carbonyl (C=O) groups is 2. The van der Waals surface area contributed by atoms with Crippen LogP contribution in [0.1, 0.15) is 54.1 Å². The average molecular weight is 422 g/mol. The van der Waals surface area contributed by atoms with Crippen molar-refractivity contribution in [3.8, 4) is 0 Å². The van der Waals surface area contributed by atoms with Crippen LogP contribution in [0.15, 0.2) is 12.1 Å². The molecule has 2 aliphatic heterocycles. The number of hydrogen-bond donors (Lipinski definition) is 0. The van der Waals surface area contributed by atoms with E-state index in [0.29, 0.717) is 6.61 Å². The molecule has 140 valence electrons. The van der Waals surface area contributed by atoms with Crippen LogP contribution in [0.3, 0.4) is 0 Å². The lowest BCUT2D eigenvalue weighted by Crippen LogP contribution is -2.45. The molecule has 1 aromatic carbocycles. The van der Waals surface area contributed by atoms with Crippen molar-refractivity contribution in [2.24, 2.45) is 0 Å². The van der Waals surface area contributed by atoms with Gasteiger partial charge in [0, 0.05) is 18.3 Å². The molecule has 2 unspecified atom stereocenters. The van der Waals surface area contributed by atoms with Crippen LogP contribution in [0.4, 0.5) is 5.69 Å². The molecule has 1 aromatic rings. The summed E-state index contributed by atoms with van der Waals surface area (Å²) in [5.74, 6) is -0.137. The summed E-state index contributed by atoms with van der Waals surface area (Å²) in [4.78, 5) is 27.1. The van der Waals surface area contributed by atoms with Crippen LogP contribution >= 0.6 is 15.9 Å². The van der Waals surface area contributed by atoms with Gasteiger partial charge >= 0.3 is 5.97 Å². The zero-order valence-corrected chi connectivity index (χ0v) is 17.0. The van der Waals surface area contributed by atoms with E-state index >= 15 is 0 Å². The van der Waals surface area contributed by atoms with Gasteiger partial charge in [-0.3, -0.25) is 9.59 Å². The van der Waals surface area contributed by atoms with Gasteiger partial charge in [-0.05, 0) is 62.3 Å². The fraction of sp³-hybridized carbons (Fsp3) is 0.600. The zero-order valence-electron chi connectivity index (χ0n) is 15.4. The highest BCUT2D eigenvalue weighted by Gasteiger charge is 2.61. The monoisotopic (exact) mass is 421 g/mol. The minimum absolute atomic E-state index is 0.157. The molecule has 1 saturated carbocycles. The van der Waals surface area contributed by atoms with Crippen LogP contribution in [0.2, 0.25) is 0 Å². The number of aryl methyl sites for hydroxylation is 1. The topological polar surface area (TPSA) is 55.8 Å². The number of esters is 1. The molecule has 0 radical (unpaired) electrons. The van der Waals surface area contributed by atoms with E-state index in [4.69, 9.17) is 9.47 Å².